The fourth-order valence-electron chi connectivity index (χ4n) is 3.76. The van der Waals surface area contributed by atoms with Crippen molar-refractivity contribution in [3.05, 3.63) is 61.4 Å². The first-order valence-corrected chi connectivity index (χ1v) is 10.3. The Morgan fingerprint density at radius 3 is 2.48 bits per heavy atom. The number of hydrogen-bond acceptors (Lipinski definition) is 6. The number of ether oxygens (including phenoxy) is 1. The van der Waals surface area contributed by atoms with Crippen LogP contribution in [-0.4, -0.2) is 42.1 Å². The molecule has 0 aliphatic carbocycles. The summed E-state index contributed by atoms with van der Waals surface area (Å²) in [7, 11) is 1.90. The van der Waals surface area contributed by atoms with Gasteiger partial charge in [0.25, 0.3) is 0 Å². The van der Waals surface area contributed by atoms with Crippen LogP contribution in [0.4, 0.5) is 0 Å². The predicted octanol–water partition coefficient (Wildman–Crippen LogP) is 3.36. The second kappa shape index (κ2) is 8.14. The quantitative estimate of drug-likeness (QED) is 0.450. The molecule has 0 N–H and O–H groups in total. The van der Waals surface area contributed by atoms with Gasteiger partial charge in [0, 0.05) is 60.6 Å². The molecule has 1 aliphatic heterocycles. The van der Waals surface area contributed by atoms with Crippen LogP contribution < -0.4 is 0 Å². The first-order chi connectivity index (χ1) is 15.2. The van der Waals surface area contributed by atoms with Crippen LogP contribution in [0.1, 0.15) is 12.8 Å². The highest BCUT2D eigenvalue weighted by Crippen LogP contribution is 2.25. The highest BCUT2D eigenvalue weighted by Gasteiger charge is 2.26. The van der Waals surface area contributed by atoms with Crippen LogP contribution in [-0.2, 0) is 23.1 Å². The molecule has 1 aromatic carbocycles. The molecule has 31 heavy (non-hydrogen) atoms. The van der Waals surface area contributed by atoms with E-state index in [2.05, 4.69) is 32.3 Å². The maximum Gasteiger partial charge on any atom is 0.309 e. The molecule has 0 amide bonds. The number of hydrogen-bond donors (Lipinski definition) is 0. The number of nitrogens with zero attached hydrogens (tertiary/aromatic N) is 6. The summed E-state index contributed by atoms with van der Waals surface area (Å²) < 4.78 is 8.66. The molecule has 3 aromatic heterocycles. The lowest BCUT2D eigenvalue weighted by atomic mass is 10.0. The van der Waals surface area contributed by atoms with E-state index in [-0.39, 0.29) is 11.9 Å². The van der Waals surface area contributed by atoms with E-state index >= 15 is 0 Å². The van der Waals surface area contributed by atoms with Crippen LogP contribution in [0.15, 0.2) is 61.4 Å². The lowest BCUT2D eigenvalue weighted by Gasteiger charge is -2.05. The Bertz CT molecular complexity index is 1210. The summed E-state index contributed by atoms with van der Waals surface area (Å²) in [6.07, 6.45) is 12.7. The van der Waals surface area contributed by atoms with Gasteiger partial charge < -0.3 is 4.74 Å². The Balaban J connectivity index is 1.29. The van der Waals surface area contributed by atoms with Crippen molar-refractivity contribution >= 4 is 5.97 Å². The molecule has 1 saturated heterocycles. The van der Waals surface area contributed by atoms with E-state index in [0.29, 0.717) is 19.0 Å². The van der Waals surface area contributed by atoms with Gasteiger partial charge in [-0.3, -0.25) is 14.2 Å². The van der Waals surface area contributed by atoms with Gasteiger partial charge >= 0.3 is 5.97 Å². The molecule has 0 saturated carbocycles. The summed E-state index contributed by atoms with van der Waals surface area (Å²) >= 11 is 0. The maximum absolute atomic E-state index is 11.6. The number of aryl methyl sites for hydroxylation is 2. The van der Waals surface area contributed by atoms with Crippen LogP contribution in [0.25, 0.3) is 33.6 Å². The van der Waals surface area contributed by atoms with Gasteiger partial charge in [0.1, 0.15) is 0 Å². The third-order valence-electron chi connectivity index (χ3n) is 5.53. The molecule has 1 aliphatic rings. The van der Waals surface area contributed by atoms with Crippen LogP contribution in [0, 0.1) is 5.92 Å². The second-order valence-corrected chi connectivity index (χ2v) is 7.71. The summed E-state index contributed by atoms with van der Waals surface area (Å²) in [5.74, 6) is 0.559. The Morgan fingerprint density at radius 1 is 0.968 bits per heavy atom. The lowest BCUT2D eigenvalue weighted by Crippen LogP contribution is -2.11. The van der Waals surface area contributed by atoms with Gasteiger partial charge in [-0.2, -0.15) is 10.2 Å². The molecule has 0 spiro atoms. The van der Waals surface area contributed by atoms with E-state index in [4.69, 9.17) is 4.74 Å². The smallest absolute Gasteiger partial charge is 0.309 e. The fourth-order valence-corrected chi connectivity index (χ4v) is 3.76. The zero-order chi connectivity index (χ0) is 21.2. The van der Waals surface area contributed by atoms with Crippen molar-refractivity contribution in [2.75, 3.05) is 6.61 Å². The zero-order valence-electron chi connectivity index (χ0n) is 17.2. The van der Waals surface area contributed by atoms with Crippen molar-refractivity contribution in [1.82, 2.24) is 29.5 Å². The molecular weight excluding hydrogens is 392 g/mol. The van der Waals surface area contributed by atoms with Crippen LogP contribution in [0.2, 0.25) is 0 Å². The standard InChI is InChI=1S/C23H22N6O2/c1-28-14-20(12-26-28)17-3-2-4-18(9-17)22-24-10-19(11-25-22)21-13-27-29(15-21)7-5-16-6-8-31-23(16)30/h2-4,9-16H,5-8H2,1H3. The molecule has 1 fully saturated rings. The number of rotatable bonds is 6. The van der Waals surface area contributed by atoms with E-state index in [1.807, 2.05) is 54.8 Å². The van der Waals surface area contributed by atoms with Crippen molar-refractivity contribution in [1.29, 1.82) is 0 Å². The molecule has 8 heteroatoms. The number of aromatic nitrogens is 6. The lowest BCUT2D eigenvalue weighted by molar-refractivity contribution is -0.141. The molecule has 5 rings (SSSR count). The van der Waals surface area contributed by atoms with Gasteiger partial charge in [0.2, 0.25) is 0 Å². The molecule has 0 radical (unpaired) electrons. The highest BCUT2D eigenvalue weighted by molar-refractivity contribution is 5.74. The molecule has 1 unspecified atom stereocenters. The largest absolute Gasteiger partial charge is 0.465 e. The monoisotopic (exact) mass is 414 g/mol. The summed E-state index contributed by atoms with van der Waals surface area (Å²) in [5, 5.41) is 8.64. The molecule has 1 atom stereocenters. The number of carbonyl (C=O) groups is 1. The predicted molar refractivity (Wildman–Crippen MR) is 115 cm³/mol. The first-order valence-electron chi connectivity index (χ1n) is 10.3. The van der Waals surface area contributed by atoms with Crippen molar-refractivity contribution in [3.63, 3.8) is 0 Å². The van der Waals surface area contributed by atoms with Crippen molar-refractivity contribution in [3.8, 4) is 33.6 Å². The minimum absolute atomic E-state index is 0.0160. The highest BCUT2D eigenvalue weighted by atomic mass is 16.5. The summed E-state index contributed by atoms with van der Waals surface area (Å²) in [4.78, 5) is 20.7. The molecule has 8 nitrogen and oxygen atoms in total. The third kappa shape index (κ3) is 4.09. The number of cyclic esters (lactones) is 1. The SMILES string of the molecule is Cn1cc(-c2cccc(-c3ncc(-c4cnn(CCC5CCOC5=O)c4)cn3)c2)cn1. The molecule has 0 bridgehead atoms. The van der Waals surface area contributed by atoms with Crippen LogP contribution in [0.5, 0.6) is 0 Å². The minimum atomic E-state index is -0.0936. The Hall–Kier alpha value is -3.81. The third-order valence-corrected chi connectivity index (χ3v) is 5.53. The fraction of sp³-hybridized carbons (Fsp3) is 0.261. The van der Waals surface area contributed by atoms with Crippen molar-refractivity contribution < 1.29 is 9.53 Å². The van der Waals surface area contributed by atoms with Gasteiger partial charge in [-0.05, 0) is 24.5 Å². The van der Waals surface area contributed by atoms with E-state index in [1.54, 1.807) is 10.9 Å². The van der Waals surface area contributed by atoms with Gasteiger partial charge in [-0.1, -0.05) is 18.2 Å². The summed E-state index contributed by atoms with van der Waals surface area (Å²) in [6, 6.07) is 8.12. The molecule has 4 heterocycles. The van der Waals surface area contributed by atoms with Crippen LogP contribution >= 0.6 is 0 Å². The average Bonchev–Trinajstić information content (AvgIpc) is 3.54. The topological polar surface area (TPSA) is 87.7 Å². The van der Waals surface area contributed by atoms with Gasteiger partial charge in [-0.15, -0.1) is 0 Å². The van der Waals surface area contributed by atoms with Gasteiger partial charge in [0.05, 0.1) is 24.9 Å². The Labute approximate surface area is 179 Å². The maximum atomic E-state index is 11.6. The van der Waals surface area contributed by atoms with E-state index in [0.717, 1.165) is 40.7 Å². The first kappa shape index (κ1) is 19.2. The van der Waals surface area contributed by atoms with Crippen LogP contribution in [0.3, 0.4) is 0 Å². The van der Waals surface area contributed by atoms with E-state index in [9.17, 15) is 4.79 Å². The van der Waals surface area contributed by atoms with Crippen molar-refractivity contribution in [2.24, 2.45) is 13.0 Å². The number of carbonyl (C=O) groups excluding carboxylic acids is 1. The van der Waals surface area contributed by atoms with Gasteiger partial charge in [0.15, 0.2) is 5.82 Å². The number of benzene rings is 1. The van der Waals surface area contributed by atoms with E-state index in [1.165, 1.54) is 0 Å². The summed E-state index contributed by atoms with van der Waals surface area (Å²) in [5.41, 5.74) is 4.93. The average molecular weight is 414 g/mol. The minimum Gasteiger partial charge on any atom is -0.465 e. The van der Waals surface area contributed by atoms with Crippen molar-refractivity contribution in [2.45, 2.75) is 19.4 Å². The summed E-state index contributed by atoms with van der Waals surface area (Å²) in [6.45, 7) is 1.21. The second-order valence-electron chi connectivity index (χ2n) is 7.71. The Morgan fingerprint density at radius 2 is 1.74 bits per heavy atom. The zero-order valence-corrected chi connectivity index (χ0v) is 17.2. The van der Waals surface area contributed by atoms with E-state index < -0.39 is 0 Å². The molecule has 4 aromatic rings. The Kier molecular flexibility index (Phi) is 5.03. The molecule has 156 valence electrons. The van der Waals surface area contributed by atoms with Gasteiger partial charge in [-0.25, -0.2) is 9.97 Å². The normalized spacial score (nSPS) is 15.9. The molecular formula is C23H22N6O2. The number of esters is 1.